The van der Waals surface area contributed by atoms with Crippen LogP contribution in [0.2, 0.25) is 0 Å². The summed E-state index contributed by atoms with van der Waals surface area (Å²) in [7, 11) is -3.73. The van der Waals surface area contributed by atoms with Gasteiger partial charge in [0.1, 0.15) is 5.69 Å². The zero-order valence-electron chi connectivity index (χ0n) is 14.8. The predicted molar refractivity (Wildman–Crippen MR) is 104 cm³/mol. The Hall–Kier alpha value is -3.32. The van der Waals surface area contributed by atoms with E-state index in [1.807, 2.05) is 0 Å². The predicted octanol–water partition coefficient (Wildman–Crippen LogP) is 1.23. The zero-order valence-corrected chi connectivity index (χ0v) is 16.5. The van der Waals surface area contributed by atoms with Gasteiger partial charge in [-0.1, -0.05) is 5.21 Å². The summed E-state index contributed by atoms with van der Waals surface area (Å²) in [6, 6.07) is 5.35. The molecule has 28 heavy (non-hydrogen) atoms. The van der Waals surface area contributed by atoms with Gasteiger partial charge in [-0.15, -0.1) is 16.4 Å². The summed E-state index contributed by atoms with van der Waals surface area (Å²) < 4.78 is 28.7. The lowest BCUT2D eigenvalue weighted by Gasteiger charge is -2.07. The molecule has 2 heterocycles. The number of primary amides is 1. The van der Waals surface area contributed by atoms with Crippen LogP contribution in [0.15, 0.2) is 45.8 Å². The summed E-state index contributed by atoms with van der Waals surface area (Å²) in [4.78, 5) is 14.8. The third kappa shape index (κ3) is 4.15. The first-order chi connectivity index (χ1) is 13.3. The van der Waals surface area contributed by atoms with E-state index in [9.17, 15) is 13.2 Å². The van der Waals surface area contributed by atoms with E-state index in [1.54, 1.807) is 31.4 Å². The lowest BCUT2D eigenvalue weighted by atomic mass is 10.2. The van der Waals surface area contributed by atoms with Crippen LogP contribution in [0.1, 0.15) is 18.3 Å². The molecule has 0 fully saturated rings. The fourth-order valence-corrected chi connectivity index (χ4v) is 4.10. The maximum atomic E-state index is 12.4. The van der Waals surface area contributed by atoms with Crippen molar-refractivity contribution in [1.29, 1.82) is 0 Å². The van der Waals surface area contributed by atoms with Gasteiger partial charge < -0.3 is 5.73 Å². The largest absolute Gasteiger partial charge is 0.350 e. The Morgan fingerprint density at radius 1 is 1.29 bits per heavy atom. The molecule has 0 bridgehead atoms. The third-order valence-corrected chi connectivity index (χ3v) is 5.79. The Labute approximate surface area is 164 Å². The highest BCUT2D eigenvalue weighted by Gasteiger charge is 2.17. The minimum atomic E-state index is -3.73. The van der Waals surface area contributed by atoms with E-state index < -0.39 is 16.1 Å². The molecule has 0 spiro atoms. The summed E-state index contributed by atoms with van der Waals surface area (Å²) in [6.07, 6.45) is 1.51. The molecule has 3 aromatic rings. The molecule has 11 nitrogen and oxygen atoms in total. The van der Waals surface area contributed by atoms with Crippen LogP contribution in [0.4, 0.5) is 9.93 Å². The van der Waals surface area contributed by atoms with Crippen LogP contribution in [-0.2, 0) is 10.0 Å². The van der Waals surface area contributed by atoms with Crippen molar-refractivity contribution in [2.75, 3.05) is 4.72 Å². The molecule has 2 amide bonds. The molecule has 0 saturated carbocycles. The number of sulfonamides is 1. The Bertz CT molecular complexity index is 1120. The number of rotatable bonds is 6. The second-order valence-electron chi connectivity index (χ2n) is 5.55. The molecule has 0 aliphatic rings. The molecule has 0 saturated heterocycles. The van der Waals surface area contributed by atoms with Crippen molar-refractivity contribution >= 4 is 38.2 Å². The maximum absolute atomic E-state index is 12.4. The molecule has 1 aromatic carbocycles. The molecule has 0 aliphatic carbocycles. The number of benzene rings is 1. The minimum absolute atomic E-state index is 0.0906. The second-order valence-corrected chi connectivity index (χ2v) is 8.12. The first-order valence-corrected chi connectivity index (χ1v) is 10.2. The summed E-state index contributed by atoms with van der Waals surface area (Å²) >= 11 is 1.19. The van der Waals surface area contributed by atoms with Gasteiger partial charge in [0.2, 0.25) is 0 Å². The number of aromatic nitrogens is 4. The molecular formula is C15H16N8O3S2. The van der Waals surface area contributed by atoms with Crippen LogP contribution in [0.25, 0.3) is 5.69 Å². The van der Waals surface area contributed by atoms with Crippen LogP contribution >= 0.6 is 11.3 Å². The number of nitrogens with zero attached hydrogens (tertiary/aromatic N) is 5. The highest BCUT2D eigenvalue weighted by atomic mass is 32.2. The molecule has 3 rings (SSSR count). The van der Waals surface area contributed by atoms with E-state index in [4.69, 9.17) is 5.73 Å². The van der Waals surface area contributed by atoms with Crippen LogP contribution in [0, 0.1) is 6.92 Å². The molecule has 4 N–H and O–H groups in total. The Morgan fingerprint density at radius 3 is 2.61 bits per heavy atom. The van der Waals surface area contributed by atoms with Gasteiger partial charge in [0, 0.05) is 11.6 Å². The average Bonchev–Trinajstić information content (AvgIpc) is 3.29. The van der Waals surface area contributed by atoms with E-state index in [-0.39, 0.29) is 4.90 Å². The van der Waals surface area contributed by atoms with Crippen LogP contribution in [0.5, 0.6) is 0 Å². The maximum Gasteiger partial charge on any atom is 0.332 e. The highest BCUT2D eigenvalue weighted by molar-refractivity contribution is 7.93. The van der Waals surface area contributed by atoms with Crippen molar-refractivity contribution in [3.63, 3.8) is 0 Å². The first-order valence-electron chi connectivity index (χ1n) is 7.83. The van der Waals surface area contributed by atoms with Crippen LogP contribution in [0.3, 0.4) is 0 Å². The molecule has 0 atom stereocenters. The van der Waals surface area contributed by atoms with Crippen molar-refractivity contribution in [2.24, 2.45) is 10.8 Å². The number of hydrogen-bond acceptors (Lipinski definition) is 8. The lowest BCUT2D eigenvalue weighted by molar-refractivity contribution is 0.249. The van der Waals surface area contributed by atoms with Crippen molar-refractivity contribution in [1.82, 2.24) is 25.4 Å². The topological polar surface area (TPSA) is 157 Å². The highest BCUT2D eigenvalue weighted by Crippen LogP contribution is 2.20. The van der Waals surface area contributed by atoms with E-state index in [0.29, 0.717) is 27.9 Å². The summed E-state index contributed by atoms with van der Waals surface area (Å²) in [5.41, 5.74) is 9.28. The van der Waals surface area contributed by atoms with Gasteiger partial charge in [-0.2, -0.15) is 5.10 Å². The molecular weight excluding hydrogens is 404 g/mol. The van der Waals surface area contributed by atoms with Gasteiger partial charge in [-0.05, 0) is 38.1 Å². The molecule has 2 aromatic heterocycles. The standard InChI is InChI=1S/C15H16N8O3S2/c1-9(18-20-14(16)24)13-10(2)23(22-19-13)11-3-5-12(6-4-11)28(25,26)21-15-17-7-8-27-15/h3-8H,1-2H3,(H,17,21)(H3,16,20,24)/b18-9+. The SMILES string of the molecule is C/C(=N\NC(N)=O)c1nnn(-c2ccc(S(=O)(=O)Nc3nccs3)cc2)c1C. The number of thiazole rings is 1. The van der Waals surface area contributed by atoms with Gasteiger partial charge in [-0.25, -0.2) is 28.3 Å². The number of anilines is 1. The second kappa shape index (κ2) is 7.74. The van der Waals surface area contributed by atoms with Gasteiger partial charge in [0.25, 0.3) is 10.0 Å². The van der Waals surface area contributed by atoms with Crippen molar-refractivity contribution < 1.29 is 13.2 Å². The molecule has 0 radical (unpaired) electrons. The normalized spacial score (nSPS) is 12.0. The fourth-order valence-electron chi connectivity index (χ4n) is 2.31. The van der Waals surface area contributed by atoms with Crippen LogP contribution < -0.4 is 15.9 Å². The number of hydrazone groups is 1. The monoisotopic (exact) mass is 420 g/mol. The fraction of sp³-hybridized carbons (Fsp3) is 0.133. The van der Waals surface area contributed by atoms with Crippen LogP contribution in [-0.4, -0.2) is 40.1 Å². The lowest BCUT2D eigenvalue weighted by Crippen LogP contribution is -2.25. The number of nitrogens with two attached hydrogens (primary N) is 1. The summed E-state index contributed by atoms with van der Waals surface area (Å²) in [5.74, 6) is 0. The summed E-state index contributed by atoms with van der Waals surface area (Å²) in [5, 5.41) is 13.9. The first kappa shape index (κ1) is 19.4. The van der Waals surface area contributed by atoms with Gasteiger partial charge in [0.05, 0.1) is 22.0 Å². The molecule has 13 heteroatoms. The molecule has 0 aliphatic heterocycles. The zero-order chi connectivity index (χ0) is 20.3. The average molecular weight is 420 g/mol. The van der Waals surface area contributed by atoms with E-state index >= 15 is 0 Å². The smallest absolute Gasteiger partial charge is 0.332 e. The Kier molecular flexibility index (Phi) is 5.37. The Balaban J connectivity index is 1.84. The van der Waals surface area contributed by atoms with Crippen molar-refractivity contribution in [3.05, 3.63) is 47.2 Å². The molecule has 146 valence electrons. The Morgan fingerprint density at radius 2 is 2.00 bits per heavy atom. The quantitative estimate of drug-likeness (QED) is 0.402. The number of hydrogen-bond donors (Lipinski definition) is 3. The van der Waals surface area contributed by atoms with Gasteiger partial charge in [0.15, 0.2) is 5.13 Å². The van der Waals surface area contributed by atoms with E-state index in [2.05, 4.69) is 30.5 Å². The van der Waals surface area contributed by atoms with Crippen molar-refractivity contribution in [3.8, 4) is 5.69 Å². The number of urea groups is 1. The number of carbonyl (C=O) groups excluding carboxylic acids is 1. The number of nitrogens with one attached hydrogen (secondary N) is 2. The minimum Gasteiger partial charge on any atom is -0.350 e. The van der Waals surface area contributed by atoms with Crippen molar-refractivity contribution in [2.45, 2.75) is 18.7 Å². The van der Waals surface area contributed by atoms with Gasteiger partial charge in [-0.3, -0.25) is 4.72 Å². The number of amides is 2. The third-order valence-electron chi connectivity index (χ3n) is 3.62. The van der Waals surface area contributed by atoms with Gasteiger partial charge >= 0.3 is 6.03 Å². The van der Waals surface area contributed by atoms with E-state index in [0.717, 1.165) is 0 Å². The van der Waals surface area contributed by atoms with E-state index in [1.165, 1.54) is 34.3 Å². The summed E-state index contributed by atoms with van der Waals surface area (Å²) in [6.45, 7) is 3.42. The molecule has 0 unspecified atom stereocenters. The number of carbonyl (C=O) groups is 1.